The van der Waals surface area contributed by atoms with Crippen molar-refractivity contribution in [1.82, 2.24) is 14.5 Å². The number of amides is 1. The Morgan fingerprint density at radius 1 is 1.29 bits per heavy atom. The Morgan fingerprint density at radius 2 is 2.00 bits per heavy atom. The molecule has 2 saturated heterocycles. The van der Waals surface area contributed by atoms with Crippen LogP contribution in [-0.4, -0.2) is 82.1 Å². The number of benzene rings is 1. The van der Waals surface area contributed by atoms with Gasteiger partial charge in [-0.2, -0.15) is 4.31 Å². The predicted octanol–water partition coefficient (Wildman–Crippen LogP) is 0.670. The lowest BCUT2D eigenvalue weighted by Crippen LogP contribution is -2.51. The molecule has 0 saturated carbocycles. The van der Waals surface area contributed by atoms with Gasteiger partial charge in [0.05, 0.1) is 24.7 Å². The number of piperazine rings is 1. The van der Waals surface area contributed by atoms with Gasteiger partial charge in [0.1, 0.15) is 0 Å². The Labute approximate surface area is 173 Å². The first-order chi connectivity index (χ1) is 12.9. The lowest BCUT2D eigenvalue weighted by molar-refractivity contribution is -0.118. The zero-order chi connectivity index (χ0) is 19.4. The standard InChI is InChI=1S/C18H28N4O4S.ClH/c1-14-3-4-16(20-18(23)13-21-6-5-19-12-15(21)2)11-17(14)27(24,25)22-7-9-26-10-8-22;/h3-4,11,15,19H,5-10,12-13H2,1-2H3,(H,20,23);1H/t15-;/m0./s1. The van der Waals surface area contributed by atoms with Crippen LogP contribution in [0.3, 0.4) is 0 Å². The van der Waals surface area contributed by atoms with Crippen LogP contribution in [0.5, 0.6) is 0 Å². The zero-order valence-electron chi connectivity index (χ0n) is 16.3. The lowest BCUT2D eigenvalue weighted by atomic mass is 10.2. The molecule has 2 aliphatic heterocycles. The first-order valence-electron chi connectivity index (χ1n) is 9.31. The van der Waals surface area contributed by atoms with Gasteiger partial charge in [-0.25, -0.2) is 8.42 Å². The SMILES string of the molecule is Cc1ccc(NC(=O)CN2CCNC[C@@H]2C)cc1S(=O)(=O)N1CCOCC1.Cl. The van der Waals surface area contributed by atoms with Crippen LogP contribution >= 0.6 is 12.4 Å². The maximum absolute atomic E-state index is 12.9. The summed E-state index contributed by atoms with van der Waals surface area (Å²) in [4.78, 5) is 14.8. The second kappa shape index (κ2) is 10.00. The molecule has 1 aromatic rings. The number of nitrogens with zero attached hydrogens (tertiary/aromatic N) is 2. The molecule has 3 rings (SSSR count). The van der Waals surface area contributed by atoms with Gasteiger partial charge in [-0.05, 0) is 31.5 Å². The fraction of sp³-hybridized carbons (Fsp3) is 0.611. The number of sulfonamides is 1. The fourth-order valence-electron chi connectivity index (χ4n) is 3.38. The summed E-state index contributed by atoms with van der Waals surface area (Å²) in [5.41, 5.74) is 1.16. The molecule has 0 bridgehead atoms. The van der Waals surface area contributed by atoms with E-state index in [0.717, 1.165) is 19.6 Å². The van der Waals surface area contributed by atoms with Crippen molar-refractivity contribution >= 4 is 34.0 Å². The number of hydrogen-bond acceptors (Lipinski definition) is 6. The number of aryl methyl sites for hydroxylation is 1. The second-order valence-electron chi connectivity index (χ2n) is 7.07. The Balaban J connectivity index is 0.00000280. The Hall–Kier alpha value is -1.23. The maximum atomic E-state index is 12.9. The molecule has 2 N–H and O–H groups in total. The van der Waals surface area contributed by atoms with Gasteiger partial charge in [-0.1, -0.05) is 6.07 Å². The predicted molar refractivity (Wildman–Crippen MR) is 111 cm³/mol. The van der Waals surface area contributed by atoms with E-state index in [1.165, 1.54) is 4.31 Å². The molecule has 2 aliphatic rings. The van der Waals surface area contributed by atoms with E-state index in [1.807, 2.05) is 0 Å². The number of nitrogens with one attached hydrogen (secondary N) is 2. The van der Waals surface area contributed by atoms with Crippen molar-refractivity contribution in [1.29, 1.82) is 0 Å². The molecule has 10 heteroatoms. The van der Waals surface area contributed by atoms with Gasteiger partial charge in [0, 0.05) is 44.5 Å². The van der Waals surface area contributed by atoms with Crippen molar-refractivity contribution in [2.75, 3.05) is 57.8 Å². The van der Waals surface area contributed by atoms with E-state index in [1.54, 1.807) is 25.1 Å². The molecule has 0 spiro atoms. The molecule has 0 unspecified atom stereocenters. The number of hydrogen-bond donors (Lipinski definition) is 2. The minimum absolute atomic E-state index is 0. The van der Waals surface area contributed by atoms with E-state index in [-0.39, 0.29) is 23.2 Å². The normalized spacial score (nSPS) is 21.7. The number of morpholine rings is 1. The van der Waals surface area contributed by atoms with E-state index in [0.29, 0.717) is 50.1 Å². The van der Waals surface area contributed by atoms with Crippen LogP contribution in [0.4, 0.5) is 5.69 Å². The highest BCUT2D eigenvalue weighted by Crippen LogP contribution is 2.24. The lowest BCUT2D eigenvalue weighted by Gasteiger charge is -2.33. The van der Waals surface area contributed by atoms with E-state index in [2.05, 4.69) is 22.5 Å². The van der Waals surface area contributed by atoms with Gasteiger partial charge >= 0.3 is 0 Å². The molecule has 1 amide bonds. The first kappa shape index (κ1) is 23.1. The minimum atomic E-state index is -3.60. The monoisotopic (exact) mass is 432 g/mol. The van der Waals surface area contributed by atoms with E-state index in [4.69, 9.17) is 4.74 Å². The highest BCUT2D eigenvalue weighted by molar-refractivity contribution is 7.89. The van der Waals surface area contributed by atoms with Gasteiger partial charge in [-0.3, -0.25) is 9.69 Å². The van der Waals surface area contributed by atoms with E-state index >= 15 is 0 Å². The van der Waals surface area contributed by atoms with E-state index in [9.17, 15) is 13.2 Å². The summed E-state index contributed by atoms with van der Waals surface area (Å²) in [5, 5.41) is 6.14. The van der Waals surface area contributed by atoms with Crippen LogP contribution in [0.2, 0.25) is 0 Å². The van der Waals surface area contributed by atoms with Crippen LogP contribution in [0.15, 0.2) is 23.1 Å². The third-order valence-electron chi connectivity index (χ3n) is 5.05. The molecule has 1 atom stereocenters. The highest BCUT2D eigenvalue weighted by atomic mass is 35.5. The average molecular weight is 433 g/mol. The van der Waals surface area contributed by atoms with Crippen LogP contribution in [-0.2, 0) is 19.6 Å². The first-order valence-corrected chi connectivity index (χ1v) is 10.7. The van der Waals surface area contributed by atoms with E-state index < -0.39 is 10.0 Å². The molecule has 8 nitrogen and oxygen atoms in total. The molecule has 0 aliphatic carbocycles. The molecular weight excluding hydrogens is 404 g/mol. The van der Waals surface area contributed by atoms with Gasteiger partial charge in [0.2, 0.25) is 15.9 Å². The van der Waals surface area contributed by atoms with Gasteiger partial charge < -0.3 is 15.4 Å². The Bertz CT molecular complexity index is 784. The number of carbonyl (C=O) groups is 1. The summed E-state index contributed by atoms with van der Waals surface area (Å²) in [6.45, 7) is 8.18. The second-order valence-corrected chi connectivity index (χ2v) is 8.97. The molecule has 1 aromatic carbocycles. The van der Waals surface area contributed by atoms with Crippen LogP contribution in [0.1, 0.15) is 12.5 Å². The number of anilines is 1. The van der Waals surface area contributed by atoms with Gasteiger partial charge in [0.25, 0.3) is 0 Å². The van der Waals surface area contributed by atoms with Crippen molar-refractivity contribution in [2.24, 2.45) is 0 Å². The van der Waals surface area contributed by atoms with Crippen LogP contribution < -0.4 is 10.6 Å². The average Bonchev–Trinajstić information content (AvgIpc) is 2.66. The molecule has 2 fully saturated rings. The quantitative estimate of drug-likeness (QED) is 0.710. The molecule has 0 radical (unpaired) electrons. The third-order valence-corrected chi connectivity index (χ3v) is 7.09. The summed E-state index contributed by atoms with van der Waals surface area (Å²) >= 11 is 0. The smallest absolute Gasteiger partial charge is 0.243 e. The summed E-state index contributed by atoms with van der Waals surface area (Å²) in [5.74, 6) is -0.137. The largest absolute Gasteiger partial charge is 0.379 e. The summed E-state index contributed by atoms with van der Waals surface area (Å²) in [6, 6.07) is 5.32. The molecule has 0 aromatic heterocycles. The summed E-state index contributed by atoms with van der Waals surface area (Å²) < 4.78 is 32.6. The van der Waals surface area contributed by atoms with Crippen LogP contribution in [0.25, 0.3) is 0 Å². The van der Waals surface area contributed by atoms with Crippen molar-refractivity contribution in [3.63, 3.8) is 0 Å². The summed E-state index contributed by atoms with van der Waals surface area (Å²) in [7, 11) is -3.60. The number of carbonyl (C=O) groups excluding carboxylic acids is 1. The third kappa shape index (κ3) is 5.43. The van der Waals surface area contributed by atoms with Crippen molar-refractivity contribution in [2.45, 2.75) is 24.8 Å². The Morgan fingerprint density at radius 3 is 2.68 bits per heavy atom. The summed E-state index contributed by atoms with van der Waals surface area (Å²) in [6.07, 6.45) is 0. The zero-order valence-corrected chi connectivity index (χ0v) is 17.9. The number of ether oxygens (including phenoxy) is 1. The number of halogens is 1. The van der Waals surface area contributed by atoms with Gasteiger partial charge in [0.15, 0.2) is 0 Å². The topological polar surface area (TPSA) is 91.0 Å². The fourth-order valence-corrected chi connectivity index (χ4v) is 5.04. The molecule has 2 heterocycles. The van der Waals surface area contributed by atoms with Gasteiger partial charge in [-0.15, -0.1) is 12.4 Å². The number of rotatable bonds is 5. The molecule has 28 heavy (non-hydrogen) atoms. The van der Waals surface area contributed by atoms with Crippen LogP contribution in [0, 0.1) is 6.92 Å². The van der Waals surface area contributed by atoms with Crippen molar-refractivity contribution < 1.29 is 17.9 Å². The van der Waals surface area contributed by atoms with Crippen molar-refractivity contribution in [3.8, 4) is 0 Å². The Kier molecular flexibility index (Phi) is 8.23. The molecule has 158 valence electrons. The van der Waals surface area contributed by atoms with Crippen molar-refractivity contribution in [3.05, 3.63) is 23.8 Å². The minimum Gasteiger partial charge on any atom is -0.379 e. The highest BCUT2D eigenvalue weighted by Gasteiger charge is 2.28. The maximum Gasteiger partial charge on any atom is 0.243 e. The molecular formula is C18H29ClN4O4S.